The monoisotopic (exact) mass is 734 g/mol. The first-order valence-electron chi connectivity index (χ1n) is 19.0. The second-order valence-corrected chi connectivity index (χ2v) is 16.7. The summed E-state index contributed by atoms with van der Waals surface area (Å²) in [5.74, 6) is -1.39. The van der Waals surface area contributed by atoms with Crippen LogP contribution in [0.4, 0.5) is 17.6 Å². The maximum absolute atomic E-state index is 12.4. The van der Waals surface area contributed by atoms with Crippen molar-refractivity contribution in [3.63, 3.8) is 0 Å². The summed E-state index contributed by atoms with van der Waals surface area (Å²) in [6.07, 6.45) is 16.0. The summed E-state index contributed by atoms with van der Waals surface area (Å²) in [6, 6.07) is 33.3. The van der Waals surface area contributed by atoms with Crippen molar-refractivity contribution in [1.29, 1.82) is 0 Å². The Morgan fingerprint density at radius 2 is 0.784 bits per heavy atom. The topological polar surface area (TPSA) is 0 Å². The first kappa shape index (κ1) is 39.5. The van der Waals surface area contributed by atoms with Crippen LogP contribution in [0.25, 0.3) is 0 Å². The molecule has 6 rings (SSSR count). The van der Waals surface area contributed by atoms with Gasteiger partial charge >= 0.3 is 0 Å². The molecule has 0 amide bonds. The summed E-state index contributed by atoms with van der Waals surface area (Å²) in [5.41, 5.74) is 8.08. The van der Waals surface area contributed by atoms with E-state index in [2.05, 4.69) is 62.4 Å². The predicted octanol–water partition coefficient (Wildman–Crippen LogP) is 14.6. The van der Waals surface area contributed by atoms with Crippen molar-refractivity contribution in [2.45, 2.75) is 130 Å². The smallest absolute Gasteiger partial charge is 0.198 e. The molecule has 6 heteroatoms. The van der Waals surface area contributed by atoms with Crippen LogP contribution in [0.5, 0.6) is 0 Å². The minimum atomic E-state index is -2.35. The van der Waals surface area contributed by atoms with E-state index in [0.717, 1.165) is 49.4 Å². The number of hydrogen-bond acceptors (Lipinski definition) is 2. The summed E-state index contributed by atoms with van der Waals surface area (Å²) in [5, 5.41) is 0. The average Bonchev–Trinajstić information content (AvgIpc) is 3.15. The van der Waals surface area contributed by atoms with Crippen LogP contribution in [0.1, 0.15) is 117 Å². The van der Waals surface area contributed by atoms with E-state index in [4.69, 9.17) is 0 Å². The summed E-state index contributed by atoms with van der Waals surface area (Å²) in [4.78, 5) is 1.26. The third-order valence-electron chi connectivity index (χ3n) is 11.0. The molecule has 2 fully saturated rings. The number of benzene rings is 4. The van der Waals surface area contributed by atoms with Gasteiger partial charge in [-0.05, 0) is 146 Å². The Labute approximate surface area is 312 Å². The Morgan fingerprint density at radius 3 is 1.10 bits per heavy atom. The molecule has 0 radical (unpaired) electrons. The molecule has 4 aromatic carbocycles. The molecule has 0 bridgehead atoms. The lowest BCUT2D eigenvalue weighted by atomic mass is 9.78. The molecule has 2 saturated carbocycles. The molecule has 274 valence electrons. The van der Waals surface area contributed by atoms with Gasteiger partial charge in [0, 0.05) is 9.79 Å². The van der Waals surface area contributed by atoms with Gasteiger partial charge in [0.05, 0.1) is 0 Å². The van der Waals surface area contributed by atoms with Crippen molar-refractivity contribution < 1.29 is 17.6 Å². The van der Waals surface area contributed by atoms with Gasteiger partial charge in [0.25, 0.3) is 11.5 Å². The highest BCUT2D eigenvalue weighted by atomic mass is 32.2. The summed E-state index contributed by atoms with van der Waals surface area (Å²) >= 11 is 1.21. The van der Waals surface area contributed by atoms with Gasteiger partial charge < -0.3 is 0 Å². The fourth-order valence-electron chi connectivity index (χ4n) is 7.66. The number of aryl methyl sites for hydroxylation is 4. The highest BCUT2D eigenvalue weighted by molar-refractivity contribution is 7.99. The molecule has 0 spiro atoms. The number of halogens is 4. The lowest BCUT2D eigenvalue weighted by Gasteiger charge is -2.28. The zero-order valence-corrected chi connectivity index (χ0v) is 31.9. The first-order valence-corrected chi connectivity index (χ1v) is 20.7. The molecule has 51 heavy (non-hydrogen) atoms. The number of alkyl halides is 4. The SMILES string of the molecule is CC[C@H]1CC[C@H](c2ccc(CCc3ccc(SC(F)F)cc3)cc2)CC1.C[C@H]1CC[C@H](c2ccc(CCc3ccc(SC(F)F)cc3)cc2)CC1. The molecule has 0 atom stereocenters. The lowest BCUT2D eigenvalue weighted by molar-refractivity contribution is 0.251. The van der Waals surface area contributed by atoms with E-state index in [1.165, 1.54) is 91.2 Å². The molecule has 2 aliphatic rings. The van der Waals surface area contributed by atoms with Gasteiger partial charge in [-0.15, -0.1) is 0 Å². The van der Waals surface area contributed by atoms with Crippen molar-refractivity contribution in [1.82, 2.24) is 0 Å². The molecule has 0 saturated heterocycles. The van der Waals surface area contributed by atoms with Crippen LogP contribution in [0, 0.1) is 11.8 Å². The molecule has 0 unspecified atom stereocenters. The largest absolute Gasteiger partial charge is 0.288 e. The van der Waals surface area contributed by atoms with Crippen LogP contribution in [0.2, 0.25) is 0 Å². The van der Waals surface area contributed by atoms with Crippen molar-refractivity contribution >= 4 is 23.5 Å². The fraction of sp³-hybridized carbons (Fsp3) is 0.467. The van der Waals surface area contributed by atoms with Gasteiger partial charge in [0.15, 0.2) is 0 Å². The second kappa shape index (κ2) is 20.5. The Kier molecular flexibility index (Phi) is 15.9. The molecular formula is C45H54F4S2. The first-order chi connectivity index (χ1) is 24.7. The maximum Gasteiger partial charge on any atom is 0.288 e. The van der Waals surface area contributed by atoms with Gasteiger partial charge in [-0.1, -0.05) is 129 Å². The highest BCUT2D eigenvalue weighted by Gasteiger charge is 2.21. The van der Waals surface area contributed by atoms with Crippen LogP contribution in [0.15, 0.2) is 107 Å². The number of thioether (sulfide) groups is 2. The third kappa shape index (κ3) is 13.3. The summed E-state index contributed by atoms with van der Waals surface area (Å²) < 4.78 is 49.4. The third-order valence-corrected chi connectivity index (χ3v) is 12.5. The minimum absolute atomic E-state index is 0.603. The summed E-state index contributed by atoms with van der Waals surface area (Å²) in [7, 11) is 0. The zero-order chi connectivity index (χ0) is 36.0. The van der Waals surface area contributed by atoms with E-state index in [-0.39, 0.29) is 0 Å². The average molecular weight is 735 g/mol. The van der Waals surface area contributed by atoms with Crippen molar-refractivity contribution in [3.05, 3.63) is 130 Å². The molecular weight excluding hydrogens is 681 g/mol. The fourth-order valence-corrected chi connectivity index (χ4v) is 8.66. The van der Waals surface area contributed by atoms with E-state index in [1.807, 2.05) is 24.3 Å². The highest BCUT2D eigenvalue weighted by Crippen LogP contribution is 2.37. The molecule has 2 aliphatic carbocycles. The van der Waals surface area contributed by atoms with Gasteiger partial charge in [0.1, 0.15) is 0 Å². The van der Waals surface area contributed by atoms with Crippen LogP contribution in [-0.4, -0.2) is 11.5 Å². The minimum Gasteiger partial charge on any atom is -0.198 e. The number of hydrogen-bond donors (Lipinski definition) is 0. The van der Waals surface area contributed by atoms with Gasteiger partial charge in [-0.2, -0.15) is 17.6 Å². The maximum atomic E-state index is 12.4. The zero-order valence-electron chi connectivity index (χ0n) is 30.2. The predicted molar refractivity (Wildman–Crippen MR) is 210 cm³/mol. The number of rotatable bonds is 13. The van der Waals surface area contributed by atoms with Crippen LogP contribution in [-0.2, 0) is 25.7 Å². The Balaban J connectivity index is 0.000000198. The molecule has 0 aromatic heterocycles. The van der Waals surface area contributed by atoms with Gasteiger partial charge in [0.2, 0.25) is 0 Å². The van der Waals surface area contributed by atoms with Crippen LogP contribution in [0.3, 0.4) is 0 Å². The van der Waals surface area contributed by atoms with Crippen molar-refractivity contribution in [3.8, 4) is 0 Å². The Morgan fingerprint density at radius 1 is 0.471 bits per heavy atom. The van der Waals surface area contributed by atoms with Crippen molar-refractivity contribution in [2.75, 3.05) is 0 Å². The van der Waals surface area contributed by atoms with E-state index < -0.39 is 11.5 Å². The molecule has 4 aromatic rings. The van der Waals surface area contributed by atoms with E-state index in [1.54, 1.807) is 24.3 Å². The van der Waals surface area contributed by atoms with Crippen LogP contribution >= 0.6 is 23.5 Å². The molecule has 0 heterocycles. The molecule has 0 nitrogen and oxygen atoms in total. The molecule has 0 N–H and O–H groups in total. The summed E-state index contributed by atoms with van der Waals surface area (Å²) in [6.45, 7) is 4.67. The molecule has 0 aliphatic heterocycles. The van der Waals surface area contributed by atoms with E-state index in [9.17, 15) is 17.6 Å². The normalized spacial score (nSPS) is 20.6. The lowest BCUT2D eigenvalue weighted by Crippen LogP contribution is -2.12. The second-order valence-electron chi connectivity index (χ2n) is 14.6. The van der Waals surface area contributed by atoms with E-state index in [0.29, 0.717) is 33.3 Å². The van der Waals surface area contributed by atoms with Gasteiger partial charge in [-0.3, -0.25) is 0 Å². The van der Waals surface area contributed by atoms with Crippen molar-refractivity contribution in [2.24, 2.45) is 11.8 Å². The standard InChI is InChI=1S/C23H28F2S.C22H26F2S/c1-2-17-5-11-20(12-6-17)21-13-7-18(8-14-21)3-4-19-9-15-22(16-10-19)26-23(24)25;1-16-2-10-19(11-3-16)20-12-6-17(7-13-20)4-5-18-8-14-21(15-9-18)25-22(23)24/h7-10,13-17,20,23H,2-6,11-12H2,1H3;6-9,12-16,19,22H,2-5,10-11H2,1H3/t17-,20-;16-,19-. The van der Waals surface area contributed by atoms with Crippen LogP contribution < -0.4 is 0 Å². The Bertz CT molecular complexity index is 1540. The Hall–Kier alpha value is -2.70. The van der Waals surface area contributed by atoms with Gasteiger partial charge in [-0.25, -0.2) is 0 Å². The quantitative estimate of drug-likeness (QED) is 0.0991. The van der Waals surface area contributed by atoms with E-state index >= 15 is 0 Å².